The summed E-state index contributed by atoms with van der Waals surface area (Å²) in [6.07, 6.45) is 8.83. The normalized spacial score (nSPS) is 14.5. The van der Waals surface area contributed by atoms with Gasteiger partial charge in [-0.3, -0.25) is 9.69 Å². The molecule has 0 aromatic heterocycles. The van der Waals surface area contributed by atoms with E-state index in [4.69, 9.17) is 9.47 Å². The van der Waals surface area contributed by atoms with Crippen molar-refractivity contribution in [1.82, 2.24) is 4.90 Å². The Morgan fingerprint density at radius 1 is 0.903 bits per heavy atom. The Kier molecular flexibility index (Phi) is 9.91. The van der Waals surface area contributed by atoms with Crippen LogP contribution in [-0.4, -0.2) is 43.2 Å². The maximum atomic E-state index is 11.9. The van der Waals surface area contributed by atoms with Crippen molar-refractivity contribution in [2.75, 3.05) is 26.3 Å². The van der Waals surface area contributed by atoms with Crippen LogP contribution in [0.3, 0.4) is 0 Å². The topological polar surface area (TPSA) is 38.8 Å². The number of ether oxygens (including phenoxy) is 2. The van der Waals surface area contributed by atoms with Gasteiger partial charge in [0.15, 0.2) is 0 Å². The van der Waals surface area contributed by atoms with Crippen LogP contribution in [0.1, 0.15) is 56.6 Å². The molecule has 0 bridgehead atoms. The molecular weight excluding hydrogens is 386 g/mol. The molecule has 0 N–H and O–H groups in total. The number of esters is 1. The Labute approximate surface area is 187 Å². The molecule has 0 aliphatic heterocycles. The molecule has 1 fully saturated rings. The summed E-state index contributed by atoms with van der Waals surface area (Å²) in [5.41, 5.74) is 2.61. The molecule has 0 saturated heterocycles. The minimum Gasteiger partial charge on any atom is -0.493 e. The first kappa shape index (κ1) is 23.3. The van der Waals surface area contributed by atoms with E-state index in [0.717, 1.165) is 31.7 Å². The van der Waals surface area contributed by atoms with Gasteiger partial charge in [-0.2, -0.15) is 0 Å². The average molecular weight is 424 g/mol. The highest BCUT2D eigenvalue weighted by molar-refractivity contribution is 5.69. The van der Waals surface area contributed by atoms with Gasteiger partial charge in [0.05, 0.1) is 19.6 Å². The predicted molar refractivity (Wildman–Crippen MR) is 125 cm³/mol. The molecule has 0 unspecified atom stereocenters. The summed E-state index contributed by atoms with van der Waals surface area (Å²) in [6, 6.07) is 19.5. The molecule has 168 valence electrons. The SMILES string of the molecule is CCOC(=O)CCN(CCc1ccc(OCCc2ccccc2)cc1)C1CCCCC1. The highest BCUT2D eigenvalue weighted by Crippen LogP contribution is 2.23. The van der Waals surface area contributed by atoms with E-state index in [2.05, 4.69) is 53.4 Å². The van der Waals surface area contributed by atoms with E-state index in [0.29, 0.717) is 25.7 Å². The van der Waals surface area contributed by atoms with Gasteiger partial charge >= 0.3 is 5.97 Å². The van der Waals surface area contributed by atoms with Crippen molar-refractivity contribution in [2.45, 2.75) is 64.3 Å². The fourth-order valence-corrected chi connectivity index (χ4v) is 4.35. The van der Waals surface area contributed by atoms with Crippen molar-refractivity contribution < 1.29 is 14.3 Å². The van der Waals surface area contributed by atoms with Crippen molar-refractivity contribution in [3.63, 3.8) is 0 Å². The van der Waals surface area contributed by atoms with E-state index in [1.807, 2.05) is 13.0 Å². The van der Waals surface area contributed by atoms with Gasteiger partial charge < -0.3 is 9.47 Å². The second-order valence-corrected chi connectivity index (χ2v) is 8.36. The van der Waals surface area contributed by atoms with Gasteiger partial charge in [0.2, 0.25) is 0 Å². The monoisotopic (exact) mass is 423 g/mol. The third-order valence-electron chi connectivity index (χ3n) is 6.11. The lowest BCUT2D eigenvalue weighted by Crippen LogP contribution is -2.39. The fraction of sp³-hybridized carbons (Fsp3) is 0.519. The van der Waals surface area contributed by atoms with E-state index < -0.39 is 0 Å². The number of carbonyl (C=O) groups is 1. The molecule has 0 heterocycles. The number of carbonyl (C=O) groups excluding carboxylic acids is 1. The van der Waals surface area contributed by atoms with E-state index in [1.165, 1.54) is 43.2 Å². The lowest BCUT2D eigenvalue weighted by atomic mass is 9.93. The molecule has 2 aromatic carbocycles. The molecule has 0 radical (unpaired) electrons. The van der Waals surface area contributed by atoms with Crippen LogP contribution in [0, 0.1) is 0 Å². The highest BCUT2D eigenvalue weighted by Gasteiger charge is 2.21. The van der Waals surface area contributed by atoms with Crippen LogP contribution in [0.2, 0.25) is 0 Å². The minimum absolute atomic E-state index is 0.0830. The van der Waals surface area contributed by atoms with Crippen LogP contribution in [-0.2, 0) is 22.4 Å². The number of nitrogens with zero attached hydrogens (tertiary/aromatic N) is 1. The molecule has 4 heteroatoms. The Bertz CT molecular complexity index is 754. The van der Waals surface area contributed by atoms with Gasteiger partial charge in [-0.25, -0.2) is 0 Å². The van der Waals surface area contributed by atoms with Gasteiger partial charge in [-0.15, -0.1) is 0 Å². The Balaban J connectivity index is 1.46. The highest BCUT2D eigenvalue weighted by atomic mass is 16.5. The fourth-order valence-electron chi connectivity index (χ4n) is 4.35. The van der Waals surface area contributed by atoms with Crippen molar-refractivity contribution in [3.8, 4) is 5.75 Å². The summed E-state index contributed by atoms with van der Waals surface area (Å²) < 4.78 is 11.0. The summed E-state index contributed by atoms with van der Waals surface area (Å²) in [4.78, 5) is 14.4. The number of hydrogen-bond acceptors (Lipinski definition) is 4. The van der Waals surface area contributed by atoms with Gasteiger partial charge in [-0.05, 0) is 49.4 Å². The lowest BCUT2D eigenvalue weighted by molar-refractivity contribution is -0.143. The first-order valence-corrected chi connectivity index (χ1v) is 11.9. The van der Waals surface area contributed by atoms with Crippen LogP contribution in [0.25, 0.3) is 0 Å². The quantitative estimate of drug-likeness (QED) is 0.426. The predicted octanol–water partition coefficient (Wildman–Crippen LogP) is 5.44. The second kappa shape index (κ2) is 13.2. The van der Waals surface area contributed by atoms with E-state index in [9.17, 15) is 4.79 Å². The summed E-state index contributed by atoms with van der Waals surface area (Å²) in [6.45, 7) is 4.79. The van der Waals surface area contributed by atoms with Crippen LogP contribution in [0.5, 0.6) is 5.75 Å². The zero-order valence-corrected chi connectivity index (χ0v) is 18.9. The number of rotatable bonds is 12. The smallest absolute Gasteiger partial charge is 0.307 e. The van der Waals surface area contributed by atoms with Gasteiger partial charge in [0, 0.05) is 25.6 Å². The second-order valence-electron chi connectivity index (χ2n) is 8.36. The first-order valence-electron chi connectivity index (χ1n) is 11.9. The zero-order valence-electron chi connectivity index (χ0n) is 18.9. The summed E-state index contributed by atoms with van der Waals surface area (Å²) >= 11 is 0. The molecule has 1 aliphatic rings. The molecule has 4 nitrogen and oxygen atoms in total. The van der Waals surface area contributed by atoms with Crippen LogP contribution < -0.4 is 4.74 Å². The lowest BCUT2D eigenvalue weighted by Gasteiger charge is -2.34. The molecule has 1 aliphatic carbocycles. The molecule has 0 spiro atoms. The van der Waals surface area contributed by atoms with Crippen LogP contribution in [0.4, 0.5) is 0 Å². The van der Waals surface area contributed by atoms with Crippen molar-refractivity contribution in [2.24, 2.45) is 0 Å². The molecule has 31 heavy (non-hydrogen) atoms. The summed E-state index contributed by atoms with van der Waals surface area (Å²) in [5, 5.41) is 0. The molecular formula is C27H37NO3. The maximum absolute atomic E-state index is 11.9. The molecule has 1 saturated carbocycles. The zero-order chi connectivity index (χ0) is 21.7. The third-order valence-corrected chi connectivity index (χ3v) is 6.11. The van der Waals surface area contributed by atoms with Gasteiger partial charge in [-0.1, -0.05) is 61.7 Å². The van der Waals surface area contributed by atoms with E-state index in [-0.39, 0.29) is 5.97 Å². The van der Waals surface area contributed by atoms with Crippen molar-refractivity contribution in [3.05, 3.63) is 65.7 Å². The largest absolute Gasteiger partial charge is 0.493 e. The molecule has 2 aromatic rings. The van der Waals surface area contributed by atoms with Crippen molar-refractivity contribution >= 4 is 5.97 Å². The maximum Gasteiger partial charge on any atom is 0.307 e. The van der Waals surface area contributed by atoms with Crippen molar-refractivity contribution in [1.29, 1.82) is 0 Å². The minimum atomic E-state index is -0.0830. The van der Waals surface area contributed by atoms with Crippen LogP contribution in [0.15, 0.2) is 54.6 Å². The van der Waals surface area contributed by atoms with Crippen LogP contribution >= 0.6 is 0 Å². The Morgan fingerprint density at radius 3 is 2.32 bits per heavy atom. The molecule has 3 rings (SSSR count). The summed E-state index contributed by atoms with van der Waals surface area (Å²) in [5.74, 6) is 0.839. The number of benzene rings is 2. The molecule has 0 amide bonds. The van der Waals surface area contributed by atoms with E-state index >= 15 is 0 Å². The first-order chi connectivity index (χ1) is 15.2. The van der Waals surface area contributed by atoms with Gasteiger partial charge in [0.1, 0.15) is 5.75 Å². The van der Waals surface area contributed by atoms with E-state index in [1.54, 1.807) is 0 Å². The Hall–Kier alpha value is -2.33. The number of hydrogen-bond donors (Lipinski definition) is 0. The Morgan fingerprint density at radius 2 is 1.61 bits per heavy atom. The average Bonchev–Trinajstić information content (AvgIpc) is 2.81. The van der Waals surface area contributed by atoms with Gasteiger partial charge in [0.25, 0.3) is 0 Å². The summed E-state index contributed by atoms with van der Waals surface area (Å²) in [7, 11) is 0. The standard InChI is InChI=1S/C27H37NO3/c1-2-30-27(29)18-21-28(25-11-7-4-8-12-25)20-17-24-13-15-26(16-14-24)31-22-19-23-9-5-3-6-10-23/h3,5-6,9-10,13-16,25H,2,4,7-8,11-12,17-22H2,1H3. The third kappa shape index (κ3) is 8.37. The molecule has 0 atom stereocenters.